The van der Waals surface area contributed by atoms with Gasteiger partial charge in [0.25, 0.3) is 0 Å². The number of benzene rings is 1. The molecule has 0 radical (unpaired) electrons. The van der Waals surface area contributed by atoms with Crippen LogP contribution in [0.15, 0.2) is 24.4 Å². The van der Waals surface area contributed by atoms with Gasteiger partial charge in [0.15, 0.2) is 0 Å². The molecular weight excluding hydrogens is 281 g/mol. The highest BCUT2D eigenvalue weighted by molar-refractivity contribution is 6.31. The van der Waals surface area contributed by atoms with Crippen LogP contribution < -0.4 is 5.32 Å². The monoisotopic (exact) mass is 297 g/mol. The zero-order valence-corrected chi connectivity index (χ0v) is 12.8. The number of nitrogens with zero attached hydrogens (tertiary/aromatic N) is 2. The van der Waals surface area contributed by atoms with Gasteiger partial charge in [-0.2, -0.15) is 5.10 Å². The standard InChI is InChI=1S/C14H17Cl2N3/c1-9(2)17-7-11-6-12(15)4-5-14(11)19-8-13(16)10(3)18-19/h4-6,8-9,17H,7H2,1-3H3. The molecule has 1 aromatic heterocycles. The van der Waals surface area contributed by atoms with E-state index in [-0.39, 0.29) is 0 Å². The Hall–Kier alpha value is -1.03. The highest BCUT2D eigenvalue weighted by Gasteiger charge is 2.09. The van der Waals surface area contributed by atoms with Crippen LogP contribution in [-0.4, -0.2) is 15.8 Å². The first-order valence-corrected chi connectivity index (χ1v) is 6.97. The fourth-order valence-corrected chi connectivity index (χ4v) is 2.12. The largest absolute Gasteiger partial charge is 0.310 e. The Bertz CT molecular complexity index is 557. The first kappa shape index (κ1) is 14.4. The van der Waals surface area contributed by atoms with E-state index >= 15 is 0 Å². The van der Waals surface area contributed by atoms with Gasteiger partial charge in [0, 0.05) is 23.8 Å². The van der Waals surface area contributed by atoms with Crippen LogP contribution in [0.1, 0.15) is 25.1 Å². The van der Waals surface area contributed by atoms with Crippen LogP contribution in [-0.2, 0) is 6.54 Å². The van der Waals surface area contributed by atoms with Crippen molar-refractivity contribution in [2.75, 3.05) is 0 Å². The molecule has 0 aliphatic heterocycles. The van der Waals surface area contributed by atoms with Gasteiger partial charge < -0.3 is 5.32 Å². The maximum absolute atomic E-state index is 6.07. The molecule has 19 heavy (non-hydrogen) atoms. The minimum absolute atomic E-state index is 0.412. The van der Waals surface area contributed by atoms with Crippen molar-refractivity contribution in [1.82, 2.24) is 15.1 Å². The van der Waals surface area contributed by atoms with E-state index in [0.29, 0.717) is 11.1 Å². The summed E-state index contributed by atoms with van der Waals surface area (Å²) < 4.78 is 1.80. The number of rotatable bonds is 4. The molecule has 0 fully saturated rings. The normalized spacial score (nSPS) is 11.3. The molecule has 2 aromatic rings. The highest BCUT2D eigenvalue weighted by Crippen LogP contribution is 2.22. The third-order valence-electron chi connectivity index (χ3n) is 2.83. The number of aromatic nitrogens is 2. The first-order valence-electron chi connectivity index (χ1n) is 6.21. The molecule has 0 spiro atoms. The van der Waals surface area contributed by atoms with Crippen LogP contribution in [0.25, 0.3) is 5.69 Å². The van der Waals surface area contributed by atoms with Gasteiger partial charge in [0.1, 0.15) is 0 Å². The van der Waals surface area contributed by atoms with Crippen molar-refractivity contribution in [1.29, 1.82) is 0 Å². The van der Waals surface area contributed by atoms with Gasteiger partial charge in [-0.05, 0) is 30.7 Å². The van der Waals surface area contributed by atoms with Crippen LogP contribution in [0.5, 0.6) is 0 Å². The van der Waals surface area contributed by atoms with E-state index in [9.17, 15) is 0 Å². The van der Waals surface area contributed by atoms with Crippen molar-refractivity contribution < 1.29 is 0 Å². The molecule has 0 aliphatic rings. The summed E-state index contributed by atoms with van der Waals surface area (Å²) in [5, 5.41) is 9.19. The topological polar surface area (TPSA) is 29.9 Å². The molecule has 102 valence electrons. The second kappa shape index (κ2) is 5.95. The Balaban J connectivity index is 2.38. The number of nitrogens with one attached hydrogen (secondary N) is 1. The summed E-state index contributed by atoms with van der Waals surface area (Å²) in [7, 11) is 0. The average molecular weight is 298 g/mol. The lowest BCUT2D eigenvalue weighted by Crippen LogP contribution is -2.22. The molecule has 0 saturated heterocycles. The molecule has 0 atom stereocenters. The predicted molar refractivity (Wildman–Crippen MR) is 80.3 cm³/mol. The summed E-state index contributed by atoms with van der Waals surface area (Å²) in [6.07, 6.45) is 1.82. The molecule has 0 aliphatic carbocycles. The van der Waals surface area contributed by atoms with Gasteiger partial charge in [0.05, 0.1) is 16.4 Å². The van der Waals surface area contributed by atoms with Crippen LogP contribution in [0.3, 0.4) is 0 Å². The van der Waals surface area contributed by atoms with Crippen molar-refractivity contribution in [3.8, 4) is 5.69 Å². The maximum atomic E-state index is 6.07. The number of hydrogen-bond donors (Lipinski definition) is 1. The number of aryl methyl sites for hydroxylation is 1. The lowest BCUT2D eigenvalue weighted by Gasteiger charge is -2.13. The van der Waals surface area contributed by atoms with Crippen LogP contribution in [0, 0.1) is 6.92 Å². The summed E-state index contributed by atoms with van der Waals surface area (Å²) in [6, 6.07) is 6.19. The van der Waals surface area contributed by atoms with Crippen LogP contribution >= 0.6 is 23.2 Å². The third kappa shape index (κ3) is 3.50. The molecule has 2 rings (SSSR count). The van der Waals surface area contributed by atoms with Crippen LogP contribution in [0.2, 0.25) is 10.0 Å². The molecule has 5 heteroatoms. The molecule has 1 N–H and O–H groups in total. The van der Waals surface area contributed by atoms with E-state index in [1.54, 1.807) is 4.68 Å². The molecule has 1 aromatic carbocycles. The fraction of sp³-hybridized carbons (Fsp3) is 0.357. The minimum atomic E-state index is 0.412. The summed E-state index contributed by atoms with van der Waals surface area (Å²) in [5.74, 6) is 0. The van der Waals surface area contributed by atoms with Gasteiger partial charge in [-0.25, -0.2) is 4.68 Å². The Morgan fingerprint density at radius 1 is 1.32 bits per heavy atom. The van der Waals surface area contributed by atoms with Gasteiger partial charge >= 0.3 is 0 Å². The molecule has 0 amide bonds. The number of halogens is 2. The summed E-state index contributed by atoms with van der Waals surface area (Å²) in [5.41, 5.74) is 2.91. The zero-order valence-electron chi connectivity index (χ0n) is 11.2. The van der Waals surface area contributed by atoms with E-state index in [1.807, 2.05) is 31.3 Å². The van der Waals surface area contributed by atoms with E-state index in [2.05, 4.69) is 24.3 Å². The predicted octanol–water partition coefficient (Wildman–Crippen LogP) is 3.99. The molecule has 3 nitrogen and oxygen atoms in total. The maximum Gasteiger partial charge on any atom is 0.0819 e. The lowest BCUT2D eigenvalue weighted by atomic mass is 10.1. The molecule has 1 heterocycles. The SMILES string of the molecule is Cc1nn(-c2ccc(Cl)cc2CNC(C)C)cc1Cl. The molecule has 0 bridgehead atoms. The van der Waals surface area contributed by atoms with Crippen molar-refractivity contribution in [2.24, 2.45) is 0 Å². The number of hydrogen-bond acceptors (Lipinski definition) is 2. The van der Waals surface area contributed by atoms with Gasteiger partial charge in [0.2, 0.25) is 0 Å². The van der Waals surface area contributed by atoms with Crippen molar-refractivity contribution in [2.45, 2.75) is 33.4 Å². The molecule has 0 saturated carbocycles. The summed E-state index contributed by atoms with van der Waals surface area (Å²) >= 11 is 12.1. The molecular formula is C14H17Cl2N3. The second-order valence-electron chi connectivity index (χ2n) is 4.82. The summed E-state index contributed by atoms with van der Waals surface area (Å²) in [6.45, 7) is 6.85. The second-order valence-corrected chi connectivity index (χ2v) is 5.66. The van der Waals surface area contributed by atoms with Gasteiger partial charge in [-0.1, -0.05) is 37.0 Å². The first-order chi connectivity index (χ1) is 8.97. The van der Waals surface area contributed by atoms with Crippen molar-refractivity contribution in [3.05, 3.63) is 45.7 Å². The Morgan fingerprint density at radius 2 is 2.05 bits per heavy atom. The fourth-order valence-electron chi connectivity index (χ4n) is 1.80. The third-order valence-corrected chi connectivity index (χ3v) is 3.43. The average Bonchev–Trinajstić information content (AvgIpc) is 2.67. The van der Waals surface area contributed by atoms with E-state index in [0.717, 1.165) is 28.5 Å². The van der Waals surface area contributed by atoms with Gasteiger partial charge in [-0.15, -0.1) is 0 Å². The Labute approximate surface area is 123 Å². The van der Waals surface area contributed by atoms with E-state index < -0.39 is 0 Å². The van der Waals surface area contributed by atoms with E-state index in [4.69, 9.17) is 23.2 Å². The molecule has 0 unspecified atom stereocenters. The lowest BCUT2D eigenvalue weighted by molar-refractivity contribution is 0.586. The van der Waals surface area contributed by atoms with E-state index in [1.165, 1.54) is 0 Å². The Morgan fingerprint density at radius 3 is 2.63 bits per heavy atom. The highest BCUT2D eigenvalue weighted by atomic mass is 35.5. The quantitative estimate of drug-likeness (QED) is 0.925. The smallest absolute Gasteiger partial charge is 0.0819 e. The minimum Gasteiger partial charge on any atom is -0.310 e. The van der Waals surface area contributed by atoms with Crippen molar-refractivity contribution >= 4 is 23.2 Å². The summed E-state index contributed by atoms with van der Waals surface area (Å²) in [4.78, 5) is 0. The zero-order chi connectivity index (χ0) is 14.0. The van der Waals surface area contributed by atoms with Gasteiger partial charge in [-0.3, -0.25) is 0 Å². The van der Waals surface area contributed by atoms with Crippen molar-refractivity contribution in [3.63, 3.8) is 0 Å². The van der Waals surface area contributed by atoms with Crippen LogP contribution in [0.4, 0.5) is 0 Å². The Kier molecular flexibility index (Phi) is 4.50.